The Hall–Kier alpha value is -4.24. The van der Waals surface area contributed by atoms with Gasteiger partial charge in [0.25, 0.3) is 0 Å². The Kier molecular flexibility index (Phi) is 74.6. The lowest BCUT2D eigenvalue weighted by Crippen LogP contribution is -2.34. The van der Waals surface area contributed by atoms with E-state index in [1.165, 1.54) is 39.4 Å². The number of rotatable bonds is 29. The molecule has 0 aliphatic carbocycles. The normalized spacial score (nSPS) is 12.5. The molecule has 0 bridgehead atoms. The van der Waals surface area contributed by atoms with Crippen molar-refractivity contribution in [3.05, 3.63) is 143 Å². The molecule has 1 saturated heterocycles. The van der Waals surface area contributed by atoms with Gasteiger partial charge in [-0.3, -0.25) is 4.84 Å². The van der Waals surface area contributed by atoms with Crippen molar-refractivity contribution in [3.63, 3.8) is 0 Å². The van der Waals surface area contributed by atoms with Gasteiger partial charge < -0.3 is 63.6 Å². The first-order valence-electron chi connectivity index (χ1n) is 31.1. The number of unbranched alkanes of at least 4 members (excludes halogenated alkanes) is 4. The van der Waals surface area contributed by atoms with Crippen molar-refractivity contribution in [2.45, 2.75) is 208 Å². The van der Waals surface area contributed by atoms with Crippen LogP contribution in [0.25, 0.3) is 16.6 Å². The van der Waals surface area contributed by atoms with Gasteiger partial charge in [0.15, 0.2) is 0 Å². The van der Waals surface area contributed by atoms with Gasteiger partial charge in [-0.15, -0.1) is 17.9 Å². The number of hydrogen-bond donors (Lipinski definition) is 8. The number of thioether (sulfide) groups is 1. The van der Waals surface area contributed by atoms with Crippen LogP contribution in [0.2, 0.25) is 0 Å². The van der Waals surface area contributed by atoms with Gasteiger partial charge in [0, 0.05) is 59.1 Å². The molecule has 3 atom stereocenters. The van der Waals surface area contributed by atoms with Gasteiger partial charge in [0.1, 0.15) is 11.9 Å². The van der Waals surface area contributed by atoms with E-state index < -0.39 is 0 Å². The van der Waals surface area contributed by atoms with Crippen LogP contribution in [0, 0.1) is 31.1 Å². The number of ether oxygens (including phenoxy) is 3. The molecule has 2 aromatic carbocycles. The number of hydrogen-bond acceptors (Lipinski definition) is 15. The topological polar surface area (TPSA) is 255 Å². The zero-order chi connectivity index (χ0) is 66.2. The molecule has 1 aromatic heterocycles. The lowest BCUT2D eigenvalue weighted by atomic mass is 9.90. The van der Waals surface area contributed by atoms with Crippen LogP contribution >= 0.6 is 23.1 Å². The molecule has 4 rings (SSSR count). The first-order chi connectivity index (χ1) is 40.4. The highest BCUT2D eigenvalue weighted by Crippen LogP contribution is 2.40. The zero-order valence-electron chi connectivity index (χ0n) is 58.6. The molecule has 0 spiro atoms. The van der Waals surface area contributed by atoms with Crippen LogP contribution in [0.3, 0.4) is 0 Å². The van der Waals surface area contributed by atoms with Crippen molar-refractivity contribution in [1.29, 1.82) is 0 Å². The lowest BCUT2D eigenvalue weighted by Gasteiger charge is -2.22. The van der Waals surface area contributed by atoms with E-state index in [1.54, 1.807) is 30.1 Å². The molecular weight excluding hydrogens is 1140 g/mol. The fourth-order valence-corrected chi connectivity index (χ4v) is 9.05. The third kappa shape index (κ3) is 57.0. The number of aliphatic hydroxyl groups is 1. The van der Waals surface area contributed by atoms with Crippen molar-refractivity contribution in [1.82, 2.24) is 16.9 Å². The molecule has 88 heavy (non-hydrogen) atoms. The second-order valence-electron chi connectivity index (χ2n) is 21.6. The molecule has 3 aromatic rings. The number of allylic oxidation sites excluding steroid dienone is 2. The summed E-state index contributed by atoms with van der Waals surface area (Å²) >= 11 is 3.39. The third-order valence-electron chi connectivity index (χ3n) is 11.6. The van der Waals surface area contributed by atoms with Gasteiger partial charge in [-0.25, -0.2) is 5.48 Å². The summed E-state index contributed by atoms with van der Waals surface area (Å²) in [4.78, 5) is 17.4. The Bertz CT molecular complexity index is 2120. The van der Waals surface area contributed by atoms with Crippen molar-refractivity contribution >= 4 is 50.9 Å². The number of hydroxylamine groups is 1. The van der Waals surface area contributed by atoms with Crippen molar-refractivity contribution < 1.29 is 38.7 Å². The third-order valence-corrected chi connectivity index (χ3v) is 13.6. The summed E-state index contributed by atoms with van der Waals surface area (Å²) in [5.41, 5.74) is 27.7. The average Bonchev–Trinajstić information content (AvgIpc) is 2.76. The number of carbonyl (C=O) groups is 1. The molecule has 1 aliphatic rings. The SMILES string of the molecule is C.C=C(CCCCCCC=O)OC(C)(C)C.C=CC1CCNC1.C=CS/C(=C/C)c1ccc(CN)cc1.C=Cc1ccc(C(=C)c2c(NC(N)C(C)C)sc(C)c2C)cc1.CC.CC.CC.CC(O)CC(C)(C)C.CNOCCOCCOCCN.N.O.[HH].[HH].[HH]. The van der Waals surface area contributed by atoms with E-state index in [9.17, 15) is 4.79 Å². The first kappa shape index (κ1) is 100.0. The molecule has 15 N–H and O–H groups in total. The average molecular weight is 1280 g/mol. The Morgan fingerprint density at radius 3 is 1.78 bits per heavy atom. The number of benzene rings is 2. The fraction of sp³-hybridized carbons (Fsp3) is 0.597. The van der Waals surface area contributed by atoms with E-state index in [1.807, 2.05) is 93.7 Å². The summed E-state index contributed by atoms with van der Waals surface area (Å²) in [5.74, 6) is 1.99. The summed E-state index contributed by atoms with van der Waals surface area (Å²) in [6.45, 7) is 62.7. The molecule has 3 unspecified atom stereocenters. The predicted octanol–water partition coefficient (Wildman–Crippen LogP) is 18.2. The minimum absolute atomic E-state index is 0. The smallest absolute Gasteiger partial charge is 0.119 e. The van der Waals surface area contributed by atoms with Crippen LogP contribution in [0.15, 0.2) is 105 Å². The van der Waals surface area contributed by atoms with Crippen molar-refractivity contribution in [2.75, 3.05) is 65.0 Å². The van der Waals surface area contributed by atoms with Gasteiger partial charge in [-0.05, 0) is 137 Å². The molecule has 2 heterocycles. The van der Waals surface area contributed by atoms with Gasteiger partial charge in [-0.2, -0.15) is 0 Å². The Labute approximate surface area is 554 Å². The minimum atomic E-state index is -0.157. The van der Waals surface area contributed by atoms with E-state index in [0.29, 0.717) is 58.5 Å². The quantitative estimate of drug-likeness (QED) is 0.00804. The maximum Gasteiger partial charge on any atom is 0.119 e. The summed E-state index contributed by atoms with van der Waals surface area (Å²) in [7, 11) is 1.71. The number of nitrogens with two attached hydrogens (primary N) is 3. The number of aldehydes is 1. The van der Waals surface area contributed by atoms with Crippen LogP contribution in [-0.2, 0) is 30.4 Å². The Morgan fingerprint density at radius 2 is 1.39 bits per heavy atom. The molecule has 1 aliphatic heterocycles. The van der Waals surface area contributed by atoms with E-state index in [-0.39, 0.29) is 46.6 Å². The van der Waals surface area contributed by atoms with Crippen LogP contribution in [-0.4, -0.2) is 94.5 Å². The van der Waals surface area contributed by atoms with E-state index >= 15 is 0 Å². The summed E-state index contributed by atoms with van der Waals surface area (Å²) in [5, 5.41) is 18.6. The lowest BCUT2D eigenvalue weighted by molar-refractivity contribution is -0.107. The largest absolute Gasteiger partial charge is 0.493 e. The second kappa shape index (κ2) is 65.7. The molecule has 14 nitrogen and oxygen atoms in total. The number of carbonyl (C=O) groups excluding carboxylic acids is 1. The van der Waals surface area contributed by atoms with E-state index in [2.05, 4.69) is 152 Å². The molecule has 520 valence electrons. The maximum atomic E-state index is 10.1. The van der Waals surface area contributed by atoms with Gasteiger partial charge in [0.05, 0.1) is 56.1 Å². The van der Waals surface area contributed by atoms with Gasteiger partial charge in [0.2, 0.25) is 0 Å². The Balaban J connectivity index is -0.0000000942. The van der Waals surface area contributed by atoms with Crippen molar-refractivity contribution in [3.8, 4) is 0 Å². The number of aliphatic hydroxyl groups excluding tert-OH is 1. The fourth-order valence-electron chi connectivity index (χ4n) is 7.33. The number of thiophene rings is 1. The highest BCUT2D eigenvalue weighted by molar-refractivity contribution is 8.10. The maximum absolute atomic E-state index is 10.1. The Morgan fingerprint density at radius 1 is 0.852 bits per heavy atom. The van der Waals surface area contributed by atoms with Crippen molar-refractivity contribution in [2.24, 2.45) is 34.5 Å². The molecular formula is C72H143N7O7S2. The zero-order valence-corrected chi connectivity index (χ0v) is 60.2. The molecule has 0 radical (unpaired) electrons. The van der Waals surface area contributed by atoms with Crippen LogP contribution < -0.4 is 39.5 Å². The number of nitrogens with one attached hydrogen (secondary N) is 3. The summed E-state index contributed by atoms with van der Waals surface area (Å²) in [6, 6.07) is 16.6. The highest BCUT2D eigenvalue weighted by atomic mass is 32.2. The van der Waals surface area contributed by atoms with Crippen LogP contribution in [0.1, 0.15) is 212 Å². The molecule has 0 amide bonds. The van der Waals surface area contributed by atoms with Gasteiger partial charge >= 0.3 is 0 Å². The van der Waals surface area contributed by atoms with E-state index in [4.69, 9.17) is 41.4 Å². The molecule has 16 heteroatoms. The summed E-state index contributed by atoms with van der Waals surface area (Å²) < 4.78 is 15.8. The minimum Gasteiger partial charge on any atom is -0.493 e. The standard InChI is InChI=1S/C20H26N2S.C13H24O2.C12H15NS.C7H18N2O3.C7H16O.C6H11N.3C2H6.CH4.H3N.H2O.3H2/c1-7-16-8-10-17(11-9-16)14(5)18-13(4)15(6)23-20(18)22-19(21)12(2)3;1-12(15-13(2,3)4)10-8-6-5-7-9-11-14;1-3-12(14-4-2)11-7-5-10(9-13)6-8-11;1-9-12-7-6-11-5-4-10-3-2-8;1-6(8)5-7(2,3)4;1-2-6-3-4-7-5-6;3*1-2;;;;;;/h7-12,19,22H,1,5,21H2,2-4,6H3;11H,1,5-10H2,2-4H3;3-8H,2,9,13H2,1H3;9H,2-8H2,1H3;6,8H,5H2,1-4H3;2,6-7H,1,3-5H2;3*1-2H3;1H4;1H3;1H2;3*1H/b;;12-3+;;;;;;;;;;;;. The van der Waals surface area contributed by atoms with E-state index in [0.717, 1.165) is 90.3 Å². The first-order valence-corrected chi connectivity index (χ1v) is 32.8. The van der Waals surface area contributed by atoms with Gasteiger partial charge in [-0.1, -0.05) is 201 Å². The number of anilines is 1. The molecule has 1 fully saturated rings. The molecule has 0 saturated carbocycles. The monoisotopic (exact) mass is 1280 g/mol. The highest BCUT2D eigenvalue weighted by Gasteiger charge is 2.19. The summed E-state index contributed by atoms with van der Waals surface area (Å²) in [6.07, 6.45) is 14.9. The van der Waals surface area contributed by atoms with Crippen LogP contribution in [0.4, 0.5) is 5.00 Å². The van der Waals surface area contributed by atoms with Crippen LogP contribution in [0.5, 0.6) is 0 Å². The predicted molar refractivity (Wildman–Crippen MR) is 403 cm³/mol. The second-order valence-corrected chi connectivity index (χ2v) is 23.8. The number of aryl methyl sites for hydroxylation is 1.